The standard InChI is InChI=1S/C16H25F2N/c1-12(2)11-16(17,18)14-7-5-6-13(10-14)8-9-15(3,4)19/h5-7,10,12H,8-9,11,19H2,1-4H3. The summed E-state index contributed by atoms with van der Waals surface area (Å²) in [6, 6.07) is 6.73. The van der Waals surface area contributed by atoms with E-state index in [9.17, 15) is 8.78 Å². The van der Waals surface area contributed by atoms with Crippen molar-refractivity contribution in [1.29, 1.82) is 0 Å². The van der Waals surface area contributed by atoms with Gasteiger partial charge in [0.1, 0.15) is 0 Å². The highest BCUT2D eigenvalue weighted by atomic mass is 19.3. The Hall–Kier alpha value is -0.960. The SMILES string of the molecule is CC(C)CC(F)(F)c1cccc(CCC(C)(C)N)c1. The minimum atomic E-state index is -2.75. The molecule has 0 unspecified atom stereocenters. The summed E-state index contributed by atoms with van der Waals surface area (Å²) in [5, 5.41) is 0. The van der Waals surface area contributed by atoms with Crippen LogP contribution in [0.1, 0.15) is 51.7 Å². The van der Waals surface area contributed by atoms with Crippen molar-refractivity contribution >= 4 is 0 Å². The van der Waals surface area contributed by atoms with Gasteiger partial charge in [0.2, 0.25) is 0 Å². The Morgan fingerprint density at radius 2 is 1.84 bits per heavy atom. The van der Waals surface area contributed by atoms with Gasteiger partial charge in [0.25, 0.3) is 5.92 Å². The van der Waals surface area contributed by atoms with Gasteiger partial charge in [-0.25, -0.2) is 8.78 Å². The molecule has 0 radical (unpaired) electrons. The summed E-state index contributed by atoms with van der Waals surface area (Å²) in [5.74, 6) is -2.77. The summed E-state index contributed by atoms with van der Waals surface area (Å²) in [6.45, 7) is 7.53. The molecule has 0 bridgehead atoms. The van der Waals surface area contributed by atoms with E-state index in [4.69, 9.17) is 5.73 Å². The molecule has 0 saturated heterocycles. The van der Waals surface area contributed by atoms with Crippen LogP contribution in [-0.4, -0.2) is 5.54 Å². The van der Waals surface area contributed by atoms with E-state index in [0.717, 1.165) is 18.4 Å². The summed E-state index contributed by atoms with van der Waals surface area (Å²) in [6.07, 6.45) is 1.40. The maximum absolute atomic E-state index is 14.0. The fourth-order valence-corrected chi connectivity index (χ4v) is 2.05. The zero-order valence-corrected chi connectivity index (χ0v) is 12.3. The lowest BCUT2D eigenvalue weighted by molar-refractivity contribution is -0.0249. The number of hydrogen-bond acceptors (Lipinski definition) is 1. The Labute approximate surface area is 115 Å². The minimum Gasteiger partial charge on any atom is -0.326 e. The quantitative estimate of drug-likeness (QED) is 0.808. The maximum atomic E-state index is 14.0. The molecule has 2 N–H and O–H groups in total. The number of alkyl halides is 2. The molecule has 0 aliphatic rings. The van der Waals surface area contributed by atoms with Crippen molar-refractivity contribution in [2.75, 3.05) is 0 Å². The van der Waals surface area contributed by atoms with Gasteiger partial charge in [-0.3, -0.25) is 0 Å². The molecule has 0 saturated carbocycles. The molecule has 0 heterocycles. The number of aryl methyl sites for hydroxylation is 1. The third-order valence-corrected chi connectivity index (χ3v) is 3.07. The molecule has 0 atom stereocenters. The number of benzene rings is 1. The van der Waals surface area contributed by atoms with Crippen molar-refractivity contribution in [3.05, 3.63) is 35.4 Å². The summed E-state index contributed by atoms with van der Waals surface area (Å²) in [4.78, 5) is 0. The average molecular weight is 269 g/mol. The topological polar surface area (TPSA) is 26.0 Å². The molecule has 0 spiro atoms. The highest BCUT2D eigenvalue weighted by molar-refractivity contribution is 5.27. The van der Waals surface area contributed by atoms with Crippen molar-refractivity contribution in [1.82, 2.24) is 0 Å². The number of halogens is 2. The van der Waals surface area contributed by atoms with Crippen LogP contribution >= 0.6 is 0 Å². The molecular formula is C16H25F2N. The van der Waals surface area contributed by atoms with Crippen LogP contribution in [0.3, 0.4) is 0 Å². The summed E-state index contributed by atoms with van der Waals surface area (Å²) < 4.78 is 28.1. The molecule has 108 valence electrons. The maximum Gasteiger partial charge on any atom is 0.273 e. The van der Waals surface area contributed by atoms with Gasteiger partial charge in [-0.05, 0) is 44.2 Å². The van der Waals surface area contributed by atoms with Gasteiger partial charge in [-0.15, -0.1) is 0 Å². The second-order valence-electron chi connectivity index (χ2n) is 6.49. The molecule has 1 rings (SSSR count). The van der Waals surface area contributed by atoms with Gasteiger partial charge in [0, 0.05) is 17.5 Å². The lowest BCUT2D eigenvalue weighted by Crippen LogP contribution is -2.32. The van der Waals surface area contributed by atoms with E-state index < -0.39 is 5.92 Å². The van der Waals surface area contributed by atoms with Crippen molar-refractivity contribution in [2.24, 2.45) is 11.7 Å². The van der Waals surface area contributed by atoms with Crippen molar-refractivity contribution in [3.8, 4) is 0 Å². The van der Waals surface area contributed by atoms with Gasteiger partial charge in [0.15, 0.2) is 0 Å². The summed E-state index contributed by atoms with van der Waals surface area (Å²) in [5.41, 5.74) is 6.71. The van der Waals surface area contributed by atoms with Crippen LogP contribution < -0.4 is 5.73 Å². The monoisotopic (exact) mass is 269 g/mol. The molecule has 0 fully saturated rings. The zero-order valence-electron chi connectivity index (χ0n) is 12.3. The molecule has 0 aromatic heterocycles. The molecule has 0 aliphatic carbocycles. The Balaban J connectivity index is 2.82. The molecule has 0 aliphatic heterocycles. The van der Waals surface area contributed by atoms with Crippen LogP contribution in [0.5, 0.6) is 0 Å². The first-order valence-corrected chi connectivity index (χ1v) is 6.86. The third kappa shape index (κ3) is 5.68. The van der Waals surface area contributed by atoms with E-state index in [1.54, 1.807) is 12.1 Å². The fourth-order valence-electron chi connectivity index (χ4n) is 2.05. The average Bonchev–Trinajstić information content (AvgIpc) is 2.24. The second-order valence-corrected chi connectivity index (χ2v) is 6.49. The fraction of sp³-hybridized carbons (Fsp3) is 0.625. The Bertz CT molecular complexity index is 405. The largest absolute Gasteiger partial charge is 0.326 e. The molecule has 1 aromatic rings. The molecule has 1 nitrogen and oxygen atoms in total. The first-order valence-electron chi connectivity index (χ1n) is 6.86. The van der Waals surface area contributed by atoms with E-state index >= 15 is 0 Å². The zero-order chi connectivity index (χ0) is 14.7. The predicted octanol–water partition coefficient (Wildman–Crippen LogP) is 4.49. The summed E-state index contributed by atoms with van der Waals surface area (Å²) >= 11 is 0. The van der Waals surface area contributed by atoms with Crippen molar-refractivity contribution in [2.45, 2.75) is 58.4 Å². The lowest BCUT2D eigenvalue weighted by Gasteiger charge is -2.21. The van der Waals surface area contributed by atoms with Crippen LogP contribution in [-0.2, 0) is 12.3 Å². The van der Waals surface area contributed by atoms with E-state index in [0.29, 0.717) is 0 Å². The number of rotatable bonds is 6. The van der Waals surface area contributed by atoms with Crippen LogP contribution in [0.2, 0.25) is 0 Å². The van der Waals surface area contributed by atoms with Crippen LogP contribution in [0.15, 0.2) is 24.3 Å². The normalized spacial score (nSPS) is 13.1. The third-order valence-electron chi connectivity index (χ3n) is 3.07. The predicted molar refractivity (Wildman–Crippen MR) is 76.4 cm³/mol. The number of hydrogen-bond donors (Lipinski definition) is 1. The van der Waals surface area contributed by atoms with E-state index in [-0.39, 0.29) is 23.4 Å². The van der Waals surface area contributed by atoms with E-state index in [2.05, 4.69) is 0 Å². The first-order chi connectivity index (χ1) is 8.60. The minimum absolute atomic E-state index is 0.0263. The first kappa shape index (κ1) is 16.1. The highest BCUT2D eigenvalue weighted by Crippen LogP contribution is 2.35. The van der Waals surface area contributed by atoms with Gasteiger partial charge in [0.05, 0.1) is 0 Å². The highest BCUT2D eigenvalue weighted by Gasteiger charge is 2.32. The number of nitrogens with two attached hydrogens (primary N) is 1. The molecular weight excluding hydrogens is 244 g/mol. The second kappa shape index (κ2) is 6.00. The van der Waals surface area contributed by atoms with Gasteiger partial charge >= 0.3 is 0 Å². The van der Waals surface area contributed by atoms with Gasteiger partial charge in [-0.1, -0.05) is 32.0 Å². The van der Waals surface area contributed by atoms with Gasteiger partial charge < -0.3 is 5.73 Å². The van der Waals surface area contributed by atoms with E-state index in [1.807, 2.05) is 33.8 Å². The van der Waals surface area contributed by atoms with Crippen molar-refractivity contribution < 1.29 is 8.78 Å². The molecule has 0 amide bonds. The molecule has 19 heavy (non-hydrogen) atoms. The van der Waals surface area contributed by atoms with Gasteiger partial charge in [-0.2, -0.15) is 0 Å². The van der Waals surface area contributed by atoms with Crippen LogP contribution in [0.4, 0.5) is 8.78 Å². The van der Waals surface area contributed by atoms with Crippen molar-refractivity contribution in [3.63, 3.8) is 0 Å². The Kier molecular flexibility index (Phi) is 5.08. The lowest BCUT2D eigenvalue weighted by atomic mass is 9.93. The Morgan fingerprint density at radius 3 is 2.37 bits per heavy atom. The van der Waals surface area contributed by atoms with E-state index in [1.165, 1.54) is 6.07 Å². The smallest absolute Gasteiger partial charge is 0.273 e. The van der Waals surface area contributed by atoms with Crippen LogP contribution in [0.25, 0.3) is 0 Å². The molecule has 1 aromatic carbocycles. The Morgan fingerprint density at radius 1 is 1.21 bits per heavy atom. The summed E-state index contributed by atoms with van der Waals surface area (Å²) in [7, 11) is 0. The van der Waals surface area contributed by atoms with Crippen LogP contribution in [0, 0.1) is 5.92 Å². The molecule has 3 heteroatoms.